The lowest BCUT2D eigenvalue weighted by atomic mass is 9.78. The molecule has 6 heteroatoms. The fraction of sp³-hybridized carbons (Fsp3) is 0.933. The van der Waals surface area contributed by atoms with Crippen LogP contribution in [0, 0.1) is 17.8 Å². The van der Waals surface area contributed by atoms with E-state index in [9.17, 15) is 18.0 Å². The van der Waals surface area contributed by atoms with Gasteiger partial charge in [0.1, 0.15) is 0 Å². The third-order valence-corrected chi connectivity index (χ3v) is 4.81. The van der Waals surface area contributed by atoms with Gasteiger partial charge in [0.15, 0.2) is 0 Å². The van der Waals surface area contributed by atoms with Gasteiger partial charge in [0, 0.05) is 19.5 Å². The van der Waals surface area contributed by atoms with Crippen molar-refractivity contribution < 1.29 is 18.0 Å². The molecule has 2 aliphatic rings. The Kier molecular flexibility index (Phi) is 5.52. The summed E-state index contributed by atoms with van der Waals surface area (Å²) in [4.78, 5) is 14.0. The number of alkyl halides is 3. The van der Waals surface area contributed by atoms with Crippen molar-refractivity contribution in [3.63, 3.8) is 0 Å². The topological polar surface area (TPSA) is 32.3 Å². The molecule has 1 saturated heterocycles. The molecule has 1 aliphatic heterocycles. The quantitative estimate of drug-likeness (QED) is 0.869. The third kappa shape index (κ3) is 4.34. The van der Waals surface area contributed by atoms with Crippen molar-refractivity contribution in [3.05, 3.63) is 0 Å². The number of carbonyl (C=O) groups is 1. The van der Waals surface area contributed by atoms with Crippen LogP contribution in [0.4, 0.5) is 13.2 Å². The molecule has 21 heavy (non-hydrogen) atoms. The first-order valence-electron chi connectivity index (χ1n) is 7.92. The van der Waals surface area contributed by atoms with E-state index in [1.54, 1.807) is 7.05 Å². The number of hydrogen-bond donors (Lipinski definition) is 1. The summed E-state index contributed by atoms with van der Waals surface area (Å²) in [5, 5.41) is 3.27. The van der Waals surface area contributed by atoms with E-state index in [4.69, 9.17) is 0 Å². The lowest BCUT2D eigenvalue weighted by Crippen LogP contribution is -2.46. The van der Waals surface area contributed by atoms with Gasteiger partial charge in [0.05, 0.1) is 5.92 Å². The second kappa shape index (κ2) is 6.99. The fourth-order valence-electron chi connectivity index (χ4n) is 3.66. The van der Waals surface area contributed by atoms with E-state index in [2.05, 4.69) is 5.32 Å². The summed E-state index contributed by atoms with van der Waals surface area (Å²) in [6, 6.07) is 0. The highest BCUT2D eigenvalue weighted by Crippen LogP contribution is 2.42. The summed E-state index contributed by atoms with van der Waals surface area (Å²) < 4.78 is 39.3. The number of amides is 1. The van der Waals surface area contributed by atoms with Crippen molar-refractivity contribution >= 4 is 5.91 Å². The number of rotatable bonds is 3. The first-order valence-corrected chi connectivity index (χ1v) is 7.92. The molecule has 1 aliphatic carbocycles. The van der Waals surface area contributed by atoms with Crippen LogP contribution in [0.1, 0.15) is 38.5 Å². The smallest absolute Gasteiger partial charge is 0.345 e. The zero-order chi connectivity index (χ0) is 15.5. The Bertz CT molecular complexity index is 353. The minimum Gasteiger partial charge on any atom is -0.345 e. The van der Waals surface area contributed by atoms with Gasteiger partial charge in [-0.05, 0) is 44.7 Å². The molecule has 1 saturated carbocycles. The predicted molar refractivity (Wildman–Crippen MR) is 74.7 cm³/mol. The Morgan fingerprint density at radius 1 is 1.19 bits per heavy atom. The number of piperidine rings is 1. The highest BCUT2D eigenvalue weighted by molar-refractivity contribution is 5.79. The zero-order valence-corrected chi connectivity index (χ0v) is 12.6. The summed E-state index contributed by atoms with van der Waals surface area (Å²) in [6.07, 6.45) is -0.381. The highest BCUT2D eigenvalue weighted by Gasteiger charge is 2.48. The Balaban J connectivity index is 1.95. The molecule has 0 aromatic rings. The minimum atomic E-state index is -4.26. The van der Waals surface area contributed by atoms with Gasteiger partial charge in [0.2, 0.25) is 5.91 Å². The molecule has 0 spiro atoms. The lowest BCUT2D eigenvalue weighted by Gasteiger charge is -2.36. The molecule has 1 amide bonds. The summed E-state index contributed by atoms with van der Waals surface area (Å²) in [7, 11) is 1.65. The van der Waals surface area contributed by atoms with Crippen LogP contribution in [0.25, 0.3) is 0 Å². The Labute approximate surface area is 124 Å². The molecule has 0 radical (unpaired) electrons. The van der Waals surface area contributed by atoms with Crippen LogP contribution in [0.15, 0.2) is 0 Å². The predicted octanol–water partition coefficient (Wildman–Crippen LogP) is 2.81. The van der Waals surface area contributed by atoms with Crippen molar-refractivity contribution in [2.45, 2.75) is 44.7 Å². The molecule has 1 heterocycles. The molecule has 2 fully saturated rings. The minimum absolute atomic E-state index is 0.0960. The molecular weight excluding hydrogens is 281 g/mol. The van der Waals surface area contributed by atoms with Crippen LogP contribution in [0.5, 0.6) is 0 Å². The molecule has 0 aromatic carbocycles. The number of nitrogens with zero attached hydrogens (tertiary/aromatic N) is 1. The first kappa shape index (κ1) is 16.6. The number of carbonyl (C=O) groups excluding carboxylic acids is 1. The molecule has 1 N–H and O–H groups in total. The SMILES string of the molecule is CN(CC1CCCNC1)C(=O)C1CCCCC1C(F)(F)F. The standard InChI is InChI=1S/C15H25F3N2O/c1-20(10-11-5-4-8-19-9-11)14(21)12-6-2-3-7-13(12)15(16,17)18/h11-13,19H,2-10H2,1H3. The van der Waals surface area contributed by atoms with Crippen molar-refractivity contribution in [1.29, 1.82) is 0 Å². The normalized spacial score (nSPS) is 31.0. The van der Waals surface area contributed by atoms with Gasteiger partial charge in [-0.1, -0.05) is 12.8 Å². The van der Waals surface area contributed by atoms with E-state index in [1.807, 2.05) is 0 Å². The van der Waals surface area contributed by atoms with Gasteiger partial charge in [-0.2, -0.15) is 13.2 Å². The summed E-state index contributed by atoms with van der Waals surface area (Å²) in [5.41, 5.74) is 0. The van der Waals surface area contributed by atoms with Crippen LogP contribution in [0.3, 0.4) is 0 Å². The maximum absolute atomic E-state index is 13.1. The van der Waals surface area contributed by atoms with E-state index in [1.165, 1.54) is 4.90 Å². The van der Waals surface area contributed by atoms with Crippen molar-refractivity contribution in [2.24, 2.45) is 17.8 Å². The van der Waals surface area contributed by atoms with E-state index >= 15 is 0 Å². The van der Waals surface area contributed by atoms with Gasteiger partial charge < -0.3 is 10.2 Å². The Hall–Kier alpha value is -0.780. The molecule has 0 bridgehead atoms. The fourth-order valence-corrected chi connectivity index (χ4v) is 3.66. The molecule has 3 nitrogen and oxygen atoms in total. The number of halogens is 3. The second-order valence-corrected chi connectivity index (χ2v) is 6.47. The average Bonchev–Trinajstić information content (AvgIpc) is 2.46. The summed E-state index contributed by atoms with van der Waals surface area (Å²) in [6.45, 7) is 2.41. The van der Waals surface area contributed by atoms with Gasteiger partial charge in [-0.25, -0.2) is 0 Å². The van der Waals surface area contributed by atoms with Crippen molar-refractivity contribution in [3.8, 4) is 0 Å². The van der Waals surface area contributed by atoms with Crippen molar-refractivity contribution in [2.75, 3.05) is 26.7 Å². The molecule has 2 rings (SSSR count). The zero-order valence-electron chi connectivity index (χ0n) is 12.6. The van der Waals surface area contributed by atoms with E-state index in [0.717, 1.165) is 32.4 Å². The van der Waals surface area contributed by atoms with Crippen LogP contribution in [-0.4, -0.2) is 43.7 Å². The lowest BCUT2D eigenvalue weighted by molar-refractivity contribution is -0.200. The van der Waals surface area contributed by atoms with Gasteiger partial charge >= 0.3 is 6.18 Å². The maximum Gasteiger partial charge on any atom is 0.392 e. The number of nitrogens with one attached hydrogen (secondary N) is 1. The van der Waals surface area contributed by atoms with Gasteiger partial charge in [-0.3, -0.25) is 4.79 Å². The molecule has 3 unspecified atom stereocenters. The number of hydrogen-bond acceptors (Lipinski definition) is 2. The molecular formula is C15H25F3N2O. The van der Waals surface area contributed by atoms with Crippen LogP contribution < -0.4 is 5.32 Å². The summed E-state index contributed by atoms with van der Waals surface area (Å²) in [5.74, 6) is -2.28. The van der Waals surface area contributed by atoms with Crippen LogP contribution in [0.2, 0.25) is 0 Å². The summed E-state index contributed by atoms with van der Waals surface area (Å²) >= 11 is 0. The van der Waals surface area contributed by atoms with Crippen molar-refractivity contribution in [1.82, 2.24) is 10.2 Å². The van der Waals surface area contributed by atoms with E-state index < -0.39 is 18.0 Å². The maximum atomic E-state index is 13.1. The van der Waals surface area contributed by atoms with Crippen LogP contribution >= 0.6 is 0 Å². The van der Waals surface area contributed by atoms with E-state index in [-0.39, 0.29) is 12.3 Å². The van der Waals surface area contributed by atoms with E-state index in [0.29, 0.717) is 25.3 Å². The molecule has 0 aromatic heterocycles. The van der Waals surface area contributed by atoms with Crippen LogP contribution in [-0.2, 0) is 4.79 Å². The Morgan fingerprint density at radius 2 is 1.90 bits per heavy atom. The third-order valence-electron chi connectivity index (χ3n) is 4.81. The monoisotopic (exact) mass is 306 g/mol. The van der Waals surface area contributed by atoms with Gasteiger partial charge in [-0.15, -0.1) is 0 Å². The average molecular weight is 306 g/mol. The highest BCUT2D eigenvalue weighted by atomic mass is 19.4. The first-order chi connectivity index (χ1) is 9.89. The molecule has 122 valence electrons. The largest absolute Gasteiger partial charge is 0.392 e. The molecule has 3 atom stereocenters. The Morgan fingerprint density at radius 3 is 2.52 bits per heavy atom. The second-order valence-electron chi connectivity index (χ2n) is 6.47. The van der Waals surface area contributed by atoms with Gasteiger partial charge in [0.25, 0.3) is 0 Å².